The van der Waals surface area contributed by atoms with E-state index in [9.17, 15) is 9.90 Å². The molecule has 1 atom stereocenters. The molecule has 0 unspecified atom stereocenters. The average Bonchev–Trinajstić information content (AvgIpc) is 2.88. The summed E-state index contributed by atoms with van der Waals surface area (Å²) in [6.45, 7) is 4.82. The Bertz CT molecular complexity index is 1030. The predicted molar refractivity (Wildman–Crippen MR) is 139 cm³/mol. The van der Waals surface area contributed by atoms with Gasteiger partial charge in [0.15, 0.2) is 17.6 Å². The van der Waals surface area contributed by atoms with Crippen molar-refractivity contribution in [1.82, 2.24) is 0 Å². The van der Waals surface area contributed by atoms with Gasteiger partial charge in [0.05, 0.1) is 6.61 Å². The van der Waals surface area contributed by atoms with Gasteiger partial charge >= 0.3 is 5.97 Å². The molecular weight excluding hydrogens is 440 g/mol. The van der Waals surface area contributed by atoms with Gasteiger partial charge in [-0.2, -0.15) is 0 Å². The molecule has 0 fully saturated rings. The number of rotatable bonds is 15. The van der Waals surface area contributed by atoms with Crippen LogP contribution in [-0.2, 0) is 11.4 Å². The first-order valence-electron chi connectivity index (χ1n) is 12.5. The quantitative estimate of drug-likeness (QED) is 0.230. The molecule has 0 radical (unpaired) electrons. The van der Waals surface area contributed by atoms with Gasteiger partial charge in [0.1, 0.15) is 12.4 Å². The first kappa shape index (κ1) is 26.1. The SMILES string of the molecule is CCCCCCCCOc1ccc(-c2ccc(O[C@@H](C)C(=O)O)c(OCc3ccccc3)c2)cc1. The molecule has 0 amide bonds. The molecule has 0 aliphatic carbocycles. The van der Waals surface area contributed by atoms with Gasteiger partial charge in [-0.15, -0.1) is 0 Å². The van der Waals surface area contributed by atoms with Crippen molar-refractivity contribution in [3.8, 4) is 28.4 Å². The lowest BCUT2D eigenvalue weighted by atomic mass is 10.0. The van der Waals surface area contributed by atoms with Crippen molar-refractivity contribution >= 4 is 5.97 Å². The van der Waals surface area contributed by atoms with Crippen molar-refractivity contribution in [2.75, 3.05) is 6.61 Å². The highest BCUT2D eigenvalue weighted by Gasteiger charge is 2.16. The minimum Gasteiger partial charge on any atom is -0.494 e. The third kappa shape index (κ3) is 8.67. The normalized spacial score (nSPS) is 11.6. The lowest BCUT2D eigenvalue weighted by molar-refractivity contribution is -0.144. The highest BCUT2D eigenvalue weighted by Crippen LogP contribution is 2.34. The van der Waals surface area contributed by atoms with Crippen LogP contribution in [0.25, 0.3) is 11.1 Å². The van der Waals surface area contributed by atoms with E-state index in [0.29, 0.717) is 18.1 Å². The van der Waals surface area contributed by atoms with E-state index in [1.807, 2.05) is 66.7 Å². The molecule has 5 nitrogen and oxygen atoms in total. The number of carboxylic acid groups (broad SMARTS) is 1. The van der Waals surface area contributed by atoms with Crippen molar-refractivity contribution in [2.45, 2.75) is 65.1 Å². The predicted octanol–water partition coefficient (Wildman–Crippen LogP) is 7.52. The lowest BCUT2D eigenvalue weighted by Gasteiger charge is -2.17. The van der Waals surface area contributed by atoms with Gasteiger partial charge in [0, 0.05) is 0 Å². The molecule has 3 aromatic rings. The third-order valence-corrected chi connectivity index (χ3v) is 5.79. The summed E-state index contributed by atoms with van der Waals surface area (Å²) < 4.78 is 17.6. The number of carboxylic acids is 1. The second-order valence-corrected chi connectivity index (χ2v) is 8.67. The van der Waals surface area contributed by atoms with Crippen molar-refractivity contribution in [1.29, 1.82) is 0 Å². The summed E-state index contributed by atoms with van der Waals surface area (Å²) >= 11 is 0. The number of carbonyl (C=O) groups is 1. The molecule has 35 heavy (non-hydrogen) atoms. The van der Waals surface area contributed by atoms with Crippen molar-refractivity contribution in [3.63, 3.8) is 0 Å². The van der Waals surface area contributed by atoms with Gasteiger partial charge in [-0.25, -0.2) is 4.79 Å². The van der Waals surface area contributed by atoms with E-state index in [1.165, 1.54) is 39.0 Å². The number of benzene rings is 3. The first-order chi connectivity index (χ1) is 17.1. The highest BCUT2D eigenvalue weighted by molar-refractivity contribution is 5.73. The second-order valence-electron chi connectivity index (χ2n) is 8.67. The molecular formula is C30H36O5. The summed E-state index contributed by atoms with van der Waals surface area (Å²) in [4.78, 5) is 11.3. The van der Waals surface area contributed by atoms with E-state index in [0.717, 1.165) is 35.5 Å². The third-order valence-electron chi connectivity index (χ3n) is 5.79. The van der Waals surface area contributed by atoms with Crippen molar-refractivity contribution in [3.05, 3.63) is 78.4 Å². The summed E-state index contributed by atoms with van der Waals surface area (Å²) in [7, 11) is 0. The van der Waals surface area contributed by atoms with E-state index in [4.69, 9.17) is 14.2 Å². The molecule has 0 aliphatic heterocycles. The van der Waals surface area contributed by atoms with Crippen LogP contribution in [0.3, 0.4) is 0 Å². The Labute approximate surface area is 208 Å². The molecule has 5 heteroatoms. The smallest absolute Gasteiger partial charge is 0.344 e. The Morgan fingerprint density at radius 2 is 1.49 bits per heavy atom. The zero-order chi connectivity index (χ0) is 24.9. The standard InChI is InChI=1S/C30H36O5/c1-3-4-5-6-7-11-20-33-27-17-14-25(15-18-27)26-16-19-28(35-23(2)30(31)32)29(21-26)34-22-24-12-9-8-10-13-24/h8-10,12-19,21,23H,3-7,11,20,22H2,1-2H3,(H,31,32)/t23-/m0/s1. The van der Waals surface area contributed by atoms with Crippen LogP contribution in [0, 0.1) is 0 Å². The molecule has 0 saturated carbocycles. The molecule has 0 aromatic heterocycles. The van der Waals surface area contributed by atoms with Crippen LogP contribution in [0.15, 0.2) is 72.8 Å². The molecule has 3 rings (SSSR count). The fourth-order valence-corrected chi connectivity index (χ4v) is 3.69. The van der Waals surface area contributed by atoms with E-state index >= 15 is 0 Å². The van der Waals surface area contributed by atoms with Crippen LogP contribution < -0.4 is 14.2 Å². The maximum Gasteiger partial charge on any atom is 0.344 e. The maximum absolute atomic E-state index is 11.3. The van der Waals surface area contributed by atoms with Crippen molar-refractivity contribution in [2.24, 2.45) is 0 Å². The minimum atomic E-state index is -1.03. The average molecular weight is 477 g/mol. The zero-order valence-corrected chi connectivity index (χ0v) is 20.7. The number of hydrogen-bond donors (Lipinski definition) is 1. The second kappa shape index (κ2) is 14.1. The van der Waals surface area contributed by atoms with Crippen LogP contribution in [0.2, 0.25) is 0 Å². The summed E-state index contributed by atoms with van der Waals surface area (Å²) in [5, 5.41) is 9.25. The van der Waals surface area contributed by atoms with E-state index in [2.05, 4.69) is 6.92 Å². The fraction of sp³-hybridized carbons (Fsp3) is 0.367. The Kier molecular flexibility index (Phi) is 10.5. The number of hydrogen-bond acceptors (Lipinski definition) is 4. The van der Waals surface area contributed by atoms with Crippen LogP contribution in [0.5, 0.6) is 17.2 Å². The maximum atomic E-state index is 11.3. The van der Waals surface area contributed by atoms with E-state index < -0.39 is 12.1 Å². The van der Waals surface area contributed by atoms with Gasteiger partial charge in [-0.1, -0.05) is 87.6 Å². The van der Waals surface area contributed by atoms with Gasteiger partial charge in [-0.05, 0) is 54.3 Å². The highest BCUT2D eigenvalue weighted by atomic mass is 16.5. The minimum absolute atomic E-state index is 0.354. The van der Waals surface area contributed by atoms with Crippen LogP contribution in [0.1, 0.15) is 57.9 Å². The Hall–Kier alpha value is -3.47. The lowest BCUT2D eigenvalue weighted by Crippen LogP contribution is -2.23. The first-order valence-corrected chi connectivity index (χ1v) is 12.5. The summed E-state index contributed by atoms with van der Waals surface area (Å²) in [6, 6.07) is 23.4. The molecule has 3 aromatic carbocycles. The Balaban J connectivity index is 1.66. The molecule has 1 N–H and O–H groups in total. The van der Waals surface area contributed by atoms with Gasteiger partial charge in [0.2, 0.25) is 0 Å². The van der Waals surface area contributed by atoms with Crippen LogP contribution >= 0.6 is 0 Å². The van der Waals surface area contributed by atoms with Gasteiger partial charge < -0.3 is 19.3 Å². The molecule has 0 saturated heterocycles. The molecule has 186 valence electrons. The van der Waals surface area contributed by atoms with Crippen molar-refractivity contribution < 1.29 is 24.1 Å². The summed E-state index contributed by atoms with van der Waals surface area (Å²) in [6.07, 6.45) is 6.45. The van der Waals surface area contributed by atoms with Gasteiger partial charge in [-0.3, -0.25) is 0 Å². The number of unbranched alkanes of at least 4 members (excludes halogenated alkanes) is 5. The van der Waals surface area contributed by atoms with E-state index in [-0.39, 0.29) is 0 Å². The fourth-order valence-electron chi connectivity index (χ4n) is 3.69. The Morgan fingerprint density at radius 3 is 2.20 bits per heavy atom. The van der Waals surface area contributed by atoms with Crippen LogP contribution in [0.4, 0.5) is 0 Å². The molecule has 0 aliphatic rings. The molecule has 0 bridgehead atoms. The molecule has 0 heterocycles. The number of aliphatic carboxylic acids is 1. The monoisotopic (exact) mass is 476 g/mol. The summed E-state index contributed by atoms with van der Waals surface area (Å²) in [5.41, 5.74) is 2.98. The topological polar surface area (TPSA) is 65.0 Å². The number of ether oxygens (including phenoxy) is 3. The summed E-state index contributed by atoms with van der Waals surface area (Å²) in [5.74, 6) is 0.735. The van der Waals surface area contributed by atoms with Gasteiger partial charge in [0.25, 0.3) is 0 Å². The molecule has 0 spiro atoms. The Morgan fingerprint density at radius 1 is 0.800 bits per heavy atom. The largest absolute Gasteiger partial charge is 0.494 e. The van der Waals surface area contributed by atoms with Crippen LogP contribution in [-0.4, -0.2) is 23.8 Å². The van der Waals surface area contributed by atoms with E-state index in [1.54, 1.807) is 6.07 Å². The zero-order valence-electron chi connectivity index (χ0n) is 20.7.